The molecule has 140 valence electrons. The lowest BCUT2D eigenvalue weighted by molar-refractivity contribution is 0.122. The number of hydrogen-bond acceptors (Lipinski definition) is 4. The summed E-state index contributed by atoms with van der Waals surface area (Å²) in [6.07, 6.45) is 0. The molecular formula is C24H22N2O2. The van der Waals surface area contributed by atoms with Crippen LogP contribution >= 0.6 is 0 Å². The maximum Gasteiger partial charge on any atom is 0.146 e. The van der Waals surface area contributed by atoms with Gasteiger partial charge in [0.1, 0.15) is 23.7 Å². The van der Waals surface area contributed by atoms with Crippen LogP contribution in [-0.2, 0) is 11.3 Å². The predicted octanol–water partition coefficient (Wildman–Crippen LogP) is 4.80. The van der Waals surface area contributed by atoms with Crippen molar-refractivity contribution in [1.82, 2.24) is 4.98 Å². The molecule has 1 aromatic heterocycles. The van der Waals surface area contributed by atoms with Gasteiger partial charge in [0.05, 0.1) is 13.2 Å². The fourth-order valence-electron chi connectivity index (χ4n) is 3.77. The van der Waals surface area contributed by atoms with Gasteiger partial charge in [-0.15, -0.1) is 0 Å². The summed E-state index contributed by atoms with van der Waals surface area (Å²) in [5.41, 5.74) is 2.09. The largest absolute Gasteiger partial charge is 0.487 e. The van der Waals surface area contributed by atoms with E-state index in [-0.39, 0.29) is 0 Å². The molecule has 0 radical (unpaired) electrons. The summed E-state index contributed by atoms with van der Waals surface area (Å²) in [5, 5.41) is 3.55. The summed E-state index contributed by atoms with van der Waals surface area (Å²) in [4.78, 5) is 7.19. The van der Waals surface area contributed by atoms with Gasteiger partial charge in [-0.2, -0.15) is 0 Å². The molecule has 4 heteroatoms. The van der Waals surface area contributed by atoms with Gasteiger partial charge in [0.25, 0.3) is 0 Å². The van der Waals surface area contributed by atoms with Crippen molar-refractivity contribution in [1.29, 1.82) is 0 Å². The molecule has 0 atom stereocenters. The van der Waals surface area contributed by atoms with Crippen LogP contribution in [0.15, 0.2) is 72.8 Å². The second-order valence-corrected chi connectivity index (χ2v) is 7.02. The van der Waals surface area contributed by atoms with E-state index in [2.05, 4.69) is 65.6 Å². The molecule has 28 heavy (non-hydrogen) atoms. The van der Waals surface area contributed by atoms with E-state index in [1.807, 2.05) is 12.1 Å². The van der Waals surface area contributed by atoms with Crippen molar-refractivity contribution in [2.75, 3.05) is 31.2 Å². The first-order valence-corrected chi connectivity index (χ1v) is 9.70. The smallest absolute Gasteiger partial charge is 0.146 e. The molecule has 0 bridgehead atoms. The number of rotatable bonds is 4. The lowest BCUT2D eigenvalue weighted by Crippen LogP contribution is -2.36. The lowest BCUT2D eigenvalue weighted by Gasteiger charge is -2.28. The molecule has 0 N–H and O–H groups in total. The molecular weight excluding hydrogens is 348 g/mol. The lowest BCUT2D eigenvalue weighted by atomic mass is 10.1. The highest BCUT2D eigenvalue weighted by Crippen LogP contribution is 2.28. The third-order valence-corrected chi connectivity index (χ3v) is 5.27. The second-order valence-electron chi connectivity index (χ2n) is 7.02. The maximum atomic E-state index is 6.25. The summed E-state index contributed by atoms with van der Waals surface area (Å²) in [6, 6.07) is 25.1. The van der Waals surface area contributed by atoms with Crippen LogP contribution < -0.4 is 9.64 Å². The Kier molecular flexibility index (Phi) is 4.55. The third-order valence-electron chi connectivity index (χ3n) is 5.27. The van der Waals surface area contributed by atoms with E-state index >= 15 is 0 Å². The number of morpholine rings is 1. The fraction of sp³-hybridized carbons (Fsp3) is 0.208. The van der Waals surface area contributed by atoms with Crippen molar-refractivity contribution in [3.05, 3.63) is 78.4 Å². The minimum Gasteiger partial charge on any atom is -0.487 e. The summed E-state index contributed by atoms with van der Waals surface area (Å²) >= 11 is 0. The Morgan fingerprint density at radius 3 is 2.54 bits per heavy atom. The van der Waals surface area contributed by atoms with E-state index in [1.165, 1.54) is 16.3 Å². The highest BCUT2D eigenvalue weighted by Gasteiger charge is 2.14. The Balaban J connectivity index is 1.46. The molecule has 1 saturated heterocycles. The highest BCUT2D eigenvalue weighted by atomic mass is 16.5. The van der Waals surface area contributed by atoms with Crippen molar-refractivity contribution in [3.8, 4) is 5.75 Å². The molecule has 0 unspecified atom stereocenters. The Labute approximate surface area is 164 Å². The molecule has 3 aromatic carbocycles. The van der Waals surface area contributed by atoms with Gasteiger partial charge in [0.15, 0.2) is 0 Å². The van der Waals surface area contributed by atoms with E-state index in [0.29, 0.717) is 6.61 Å². The first-order chi connectivity index (χ1) is 13.9. The van der Waals surface area contributed by atoms with Crippen LogP contribution in [0.3, 0.4) is 0 Å². The molecule has 4 nitrogen and oxygen atoms in total. The predicted molar refractivity (Wildman–Crippen MR) is 113 cm³/mol. The standard InChI is InChI=1S/C24H22N2O2/c1-2-9-21-18(5-1)6-3-8-20(21)17-28-22-10-4-7-19-11-12-23(25-24(19)22)26-13-15-27-16-14-26/h1-12H,13-17H2. The van der Waals surface area contributed by atoms with Crippen LogP contribution in [0.1, 0.15) is 5.56 Å². The summed E-state index contributed by atoms with van der Waals surface area (Å²) in [5.74, 6) is 1.80. The van der Waals surface area contributed by atoms with Crippen LogP contribution in [0, 0.1) is 0 Å². The minimum atomic E-state index is 0.518. The zero-order valence-corrected chi connectivity index (χ0v) is 15.7. The molecule has 0 saturated carbocycles. The topological polar surface area (TPSA) is 34.6 Å². The number of aromatic nitrogens is 1. The summed E-state index contributed by atoms with van der Waals surface area (Å²) < 4.78 is 11.7. The minimum absolute atomic E-state index is 0.518. The molecule has 2 heterocycles. The number of ether oxygens (including phenoxy) is 2. The molecule has 1 aliphatic heterocycles. The fourth-order valence-corrected chi connectivity index (χ4v) is 3.77. The SMILES string of the molecule is c1ccc2c(COc3cccc4ccc(N5CCOCC5)nc34)cccc2c1. The highest BCUT2D eigenvalue weighted by molar-refractivity contribution is 5.87. The molecule has 0 spiro atoms. The normalized spacial score (nSPS) is 14.5. The number of para-hydroxylation sites is 1. The number of anilines is 1. The first-order valence-electron chi connectivity index (χ1n) is 9.70. The Morgan fingerprint density at radius 1 is 0.821 bits per heavy atom. The van der Waals surface area contributed by atoms with Crippen molar-refractivity contribution in [3.63, 3.8) is 0 Å². The summed E-state index contributed by atoms with van der Waals surface area (Å²) in [6.45, 7) is 3.76. The van der Waals surface area contributed by atoms with Gasteiger partial charge in [0, 0.05) is 18.5 Å². The Bertz CT molecular complexity index is 1110. The number of fused-ring (bicyclic) bond motifs is 2. The Hall–Kier alpha value is -3.11. The van der Waals surface area contributed by atoms with Crippen LogP contribution in [0.25, 0.3) is 21.7 Å². The van der Waals surface area contributed by atoms with Crippen molar-refractivity contribution >= 4 is 27.5 Å². The van der Waals surface area contributed by atoms with E-state index in [4.69, 9.17) is 14.5 Å². The Morgan fingerprint density at radius 2 is 1.61 bits per heavy atom. The first kappa shape index (κ1) is 17.0. The monoisotopic (exact) mass is 370 g/mol. The van der Waals surface area contributed by atoms with Gasteiger partial charge in [-0.05, 0) is 34.5 Å². The molecule has 5 rings (SSSR count). The molecule has 4 aromatic rings. The quantitative estimate of drug-likeness (QED) is 0.517. The van der Waals surface area contributed by atoms with Gasteiger partial charge in [-0.1, -0.05) is 54.6 Å². The van der Waals surface area contributed by atoms with Crippen LogP contribution in [0.2, 0.25) is 0 Å². The molecule has 0 aliphatic carbocycles. The van der Waals surface area contributed by atoms with E-state index in [9.17, 15) is 0 Å². The van der Waals surface area contributed by atoms with E-state index in [0.717, 1.165) is 48.8 Å². The number of pyridine rings is 1. The van der Waals surface area contributed by atoms with Crippen LogP contribution in [0.4, 0.5) is 5.82 Å². The van der Waals surface area contributed by atoms with Crippen LogP contribution in [0.5, 0.6) is 5.75 Å². The van der Waals surface area contributed by atoms with Gasteiger partial charge in [-0.3, -0.25) is 0 Å². The van der Waals surface area contributed by atoms with Gasteiger partial charge < -0.3 is 14.4 Å². The van der Waals surface area contributed by atoms with Gasteiger partial charge >= 0.3 is 0 Å². The van der Waals surface area contributed by atoms with Gasteiger partial charge in [-0.25, -0.2) is 4.98 Å². The van der Waals surface area contributed by atoms with Gasteiger partial charge in [0.2, 0.25) is 0 Å². The molecule has 0 amide bonds. The van der Waals surface area contributed by atoms with Crippen molar-refractivity contribution in [2.24, 2.45) is 0 Å². The van der Waals surface area contributed by atoms with E-state index < -0.39 is 0 Å². The van der Waals surface area contributed by atoms with E-state index in [1.54, 1.807) is 0 Å². The summed E-state index contributed by atoms with van der Waals surface area (Å²) in [7, 11) is 0. The number of benzene rings is 3. The third kappa shape index (κ3) is 3.27. The second kappa shape index (κ2) is 7.49. The average molecular weight is 370 g/mol. The average Bonchev–Trinajstić information content (AvgIpc) is 2.78. The van der Waals surface area contributed by atoms with Crippen molar-refractivity contribution < 1.29 is 9.47 Å². The number of nitrogens with zero attached hydrogens (tertiary/aromatic N) is 2. The zero-order valence-electron chi connectivity index (χ0n) is 15.7. The van der Waals surface area contributed by atoms with Crippen LogP contribution in [-0.4, -0.2) is 31.3 Å². The maximum absolute atomic E-state index is 6.25. The molecule has 1 aliphatic rings. The zero-order chi connectivity index (χ0) is 18.8. The van der Waals surface area contributed by atoms with Crippen molar-refractivity contribution in [2.45, 2.75) is 6.61 Å². The molecule has 1 fully saturated rings. The number of hydrogen-bond donors (Lipinski definition) is 0.